The van der Waals surface area contributed by atoms with Crippen LogP contribution in [-0.2, 0) is 0 Å². The Morgan fingerprint density at radius 3 is 2.68 bits per heavy atom. The van der Waals surface area contributed by atoms with Crippen molar-refractivity contribution in [2.75, 3.05) is 5.73 Å². The van der Waals surface area contributed by atoms with E-state index in [0.29, 0.717) is 22.0 Å². The van der Waals surface area contributed by atoms with Crippen LogP contribution in [-0.4, -0.2) is 15.6 Å². The van der Waals surface area contributed by atoms with Crippen LogP contribution in [0.1, 0.15) is 41.5 Å². The summed E-state index contributed by atoms with van der Waals surface area (Å²) in [5.41, 5.74) is 8.28. The number of hydrogen-bond acceptors (Lipinski definition) is 3. The van der Waals surface area contributed by atoms with Gasteiger partial charge in [0.2, 0.25) is 5.78 Å². The normalized spacial score (nSPS) is 11.0. The van der Waals surface area contributed by atoms with Gasteiger partial charge in [-0.1, -0.05) is 11.6 Å². The van der Waals surface area contributed by atoms with Crippen molar-refractivity contribution in [2.45, 2.75) is 26.8 Å². The number of halogens is 1. The van der Waals surface area contributed by atoms with Crippen LogP contribution in [0.2, 0.25) is 5.02 Å². The monoisotopic (exact) mass is 277 g/mol. The SMILES string of the molecule is Cc1cc(C(=O)c2c(Cl)cnn2C(C)C)ccc1N. The summed E-state index contributed by atoms with van der Waals surface area (Å²) in [5, 5.41) is 4.51. The van der Waals surface area contributed by atoms with Crippen LogP contribution in [0.5, 0.6) is 0 Å². The molecule has 2 aromatic rings. The van der Waals surface area contributed by atoms with Crippen molar-refractivity contribution < 1.29 is 4.79 Å². The summed E-state index contributed by atoms with van der Waals surface area (Å²) >= 11 is 6.08. The lowest BCUT2D eigenvalue weighted by atomic mass is 10.0. The standard InChI is InChI=1S/C14H16ClN3O/c1-8(2)18-13(11(15)7-17-18)14(19)10-4-5-12(16)9(3)6-10/h4-8H,16H2,1-3H3. The van der Waals surface area contributed by atoms with Crippen molar-refractivity contribution in [3.63, 3.8) is 0 Å². The average Bonchev–Trinajstić information content (AvgIpc) is 2.74. The second kappa shape index (κ2) is 5.05. The fourth-order valence-corrected chi connectivity index (χ4v) is 2.11. The number of anilines is 1. The number of carbonyl (C=O) groups excluding carboxylic acids is 1. The minimum atomic E-state index is -0.140. The number of benzene rings is 1. The fourth-order valence-electron chi connectivity index (χ4n) is 1.90. The zero-order chi connectivity index (χ0) is 14.2. The molecule has 5 heteroatoms. The first kappa shape index (κ1) is 13.6. The van der Waals surface area contributed by atoms with E-state index in [0.717, 1.165) is 5.56 Å². The molecule has 0 bridgehead atoms. The first-order chi connectivity index (χ1) is 8.91. The van der Waals surface area contributed by atoms with Crippen molar-refractivity contribution in [1.29, 1.82) is 0 Å². The Labute approximate surface area is 117 Å². The molecule has 0 saturated heterocycles. The van der Waals surface area contributed by atoms with E-state index in [4.69, 9.17) is 17.3 Å². The molecule has 0 saturated carbocycles. The molecule has 0 aliphatic heterocycles. The maximum absolute atomic E-state index is 12.5. The molecule has 0 fully saturated rings. The number of nitrogens with two attached hydrogens (primary N) is 1. The number of hydrogen-bond donors (Lipinski definition) is 1. The summed E-state index contributed by atoms with van der Waals surface area (Å²) in [7, 11) is 0. The van der Waals surface area contributed by atoms with Gasteiger partial charge >= 0.3 is 0 Å². The molecular formula is C14H16ClN3O. The number of aromatic nitrogens is 2. The van der Waals surface area contributed by atoms with Gasteiger partial charge in [-0.05, 0) is 44.5 Å². The van der Waals surface area contributed by atoms with Crippen LogP contribution in [0, 0.1) is 6.92 Å². The maximum Gasteiger partial charge on any atom is 0.212 e. The van der Waals surface area contributed by atoms with Crippen molar-refractivity contribution in [3.8, 4) is 0 Å². The van der Waals surface area contributed by atoms with Gasteiger partial charge in [0.15, 0.2) is 0 Å². The predicted molar refractivity (Wildman–Crippen MR) is 76.6 cm³/mol. The van der Waals surface area contributed by atoms with E-state index in [1.165, 1.54) is 6.20 Å². The minimum Gasteiger partial charge on any atom is -0.399 e. The predicted octanol–water partition coefficient (Wildman–Crippen LogP) is 3.24. The first-order valence-corrected chi connectivity index (χ1v) is 6.43. The number of nitrogen functional groups attached to an aromatic ring is 1. The first-order valence-electron chi connectivity index (χ1n) is 6.05. The topological polar surface area (TPSA) is 60.9 Å². The van der Waals surface area contributed by atoms with E-state index in [1.54, 1.807) is 22.9 Å². The van der Waals surface area contributed by atoms with E-state index in [2.05, 4.69) is 5.10 Å². The van der Waals surface area contributed by atoms with Gasteiger partial charge in [-0.25, -0.2) is 0 Å². The lowest BCUT2D eigenvalue weighted by Gasteiger charge is -2.11. The fraction of sp³-hybridized carbons (Fsp3) is 0.286. The van der Waals surface area contributed by atoms with Crippen molar-refractivity contribution in [1.82, 2.24) is 9.78 Å². The number of carbonyl (C=O) groups is 1. The number of nitrogens with zero attached hydrogens (tertiary/aromatic N) is 2. The molecule has 4 nitrogen and oxygen atoms in total. The molecule has 2 rings (SSSR count). The van der Waals surface area contributed by atoms with Crippen LogP contribution in [0.4, 0.5) is 5.69 Å². The van der Waals surface area contributed by atoms with Gasteiger partial charge in [0, 0.05) is 17.3 Å². The summed E-state index contributed by atoms with van der Waals surface area (Å²) in [6.45, 7) is 5.77. The summed E-state index contributed by atoms with van der Waals surface area (Å²) < 4.78 is 1.64. The minimum absolute atomic E-state index is 0.0707. The molecule has 2 N–H and O–H groups in total. The number of rotatable bonds is 3. The highest BCUT2D eigenvalue weighted by Crippen LogP contribution is 2.23. The second-order valence-electron chi connectivity index (χ2n) is 4.78. The zero-order valence-electron chi connectivity index (χ0n) is 11.1. The molecule has 0 aliphatic carbocycles. The number of ketones is 1. The van der Waals surface area contributed by atoms with E-state index in [9.17, 15) is 4.79 Å². The van der Waals surface area contributed by atoms with E-state index in [-0.39, 0.29) is 11.8 Å². The molecule has 1 aromatic carbocycles. The largest absolute Gasteiger partial charge is 0.399 e. The van der Waals surface area contributed by atoms with E-state index >= 15 is 0 Å². The molecule has 1 aromatic heterocycles. The molecule has 1 heterocycles. The zero-order valence-corrected chi connectivity index (χ0v) is 11.9. The number of aryl methyl sites for hydroxylation is 1. The van der Waals surface area contributed by atoms with Gasteiger partial charge in [-0.2, -0.15) is 5.10 Å². The molecule has 19 heavy (non-hydrogen) atoms. The lowest BCUT2D eigenvalue weighted by molar-refractivity contribution is 0.102. The van der Waals surface area contributed by atoms with Gasteiger partial charge in [0.05, 0.1) is 11.2 Å². The quantitative estimate of drug-likeness (QED) is 0.692. The highest BCUT2D eigenvalue weighted by atomic mass is 35.5. The lowest BCUT2D eigenvalue weighted by Crippen LogP contribution is -2.14. The summed E-state index contributed by atoms with van der Waals surface area (Å²) in [6, 6.07) is 5.28. The molecule has 0 spiro atoms. The highest BCUT2D eigenvalue weighted by molar-refractivity contribution is 6.34. The Morgan fingerprint density at radius 2 is 2.11 bits per heavy atom. The van der Waals surface area contributed by atoms with Crippen LogP contribution < -0.4 is 5.73 Å². The summed E-state index contributed by atoms with van der Waals surface area (Å²) in [6.07, 6.45) is 1.50. The van der Waals surface area contributed by atoms with Crippen molar-refractivity contribution in [2.24, 2.45) is 0 Å². The van der Waals surface area contributed by atoms with Crippen molar-refractivity contribution >= 4 is 23.1 Å². The third-order valence-electron chi connectivity index (χ3n) is 2.99. The van der Waals surface area contributed by atoms with Crippen LogP contribution in [0.15, 0.2) is 24.4 Å². The summed E-state index contributed by atoms with van der Waals surface area (Å²) in [5.74, 6) is -0.140. The smallest absolute Gasteiger partial charge is 0.212 e. The Balaban J connectivity index is 2.49. The van der Waals surface area contributed by atoms with Gasteiger partial charge in [0.25, 0.3) is 0 Å². The van der Waals surface area contributed by atoms with Crippen molar-refractivity contribution in [3.05, 3.63) is 46.2 Å². The average molecular weight is 278 g/mol. The van der Waals surface area contributed by atoms with Gasteiger partial charge in [0.1, 0.15) is 5.69 Å². The third kappa shape index (κ3) is 2.49. The Hall–Kier alpha value is -1.81. The Bertz CT molecular complexity index is 632. The second-order valence-corrected chi connectivity index (χ2v) is 5.19. The molecule has 0 unspecified atom stereocenters. The summed E-state index contributed by atoms with van der Waals surface area (Å²) in [4.78, 5) is 12.5. The Morgan fingerprint density at radius 1 is 1.42 bits per heavy atom. The van der Waals surface area contributed by atoms with Gasteiger partial charge in [-0.15, -0.1) is 0 Å². The molecule has 0 aliphatic rings. The molecular weight excluding hydrogens is 262 g/mol. The van der Waals surface area contributed by atoms with E-state index < -0.39 is 0 Å². The molecule has 100 valence electrons. The van der Waals surface area contributed by atoms with Crippen LogP contribution in [0.25, 0.3) is 0 Å². The third-order valence-corrected chi connectivity index (χ3v) is 3.26. The Kier molecular flexibility index (Phi) is 3.62. The van der Waals surface area contributed by atoms with Crippen LogP contribution in [0.3, 0.4) is 0 Å². The molecule has 0 atom stereocenters. The molecule has 0 amide bonds. The van der Waals surface area contributed by atoms with Crippen LogP contribution >= 0.6 is 11.6 Å². The van der Waals surface area contributed by atoms with Gasteiger partial charge in [-0.3, -0.25) is 9.48 Å². The van der Waals surface area contributed by atoms with Gasteiger partial charge < -0.3 is 5.73 Å². The highest BCUT2D eigenvalue weighted by Gasteiger charge is 2.20. The maximum atomic E-state index is 12.5. The molecule has 0 radical (unpaired) electrons. The van der Waals surface area contributed by atoms with E-state index in [1.807, 2.05) is 20.8 Å².